The summed E-state index contributed by atoms with van der Waals surface area (Å²) in [6, 6.07) is 4.01. The molecule has 2 aromatic rings. The van der Waals surface area contributed by atoms with Crippen molar-refractivity contribution < 1.29 is 18.3 Å². The van der Waals surface area contributed by atoms with Gasteiger partial charge in [-0.05, 0) is 18.2 Å². The Kier molecular flexibility index (Phi) is 3.74. The number of aromatic nitrogens is 1. The number of thiophene rings is 1. The third-order valence-corrected chi connectivity index (χ3v) is 5.16. The third-order valence-electron chi connectivity index (χ3n) is 2.05. The van der Waals surface area contributed by atoms with Crippen molar-refractivity contribution >= 4 is 44.6 Å². The maximum absolute atomic E-state index is 12.0. The van der Waals surface area contributed by atoms with Crippen molar-refractivity contribution in [3.63, 3.8) is 0 Å². The third kappa shape index (κ3) is 3.22. The number of anilines is 1. The second kappa shape index (κ2) is 5.16. The topological polar surface area (TPSA) is 96.4 Å². The summed E-state index contributed by atoms with van der Waals surface area (Å²) in [6.45, 7) is 0. The Morgan fingerprint density at radius 2 is 2.11 bits per heavy atom. The molecule has 2 heterocycles. The molecule has 0 atom stereocenters. The zero-order chi connectivity index (χ0) is 14.0. The summed E-state index contributed by atoms with van der Waals surface area (Å²) in [7, 11) is -3.78. The predicted molar refractivity (Wildman–Crippen MR) is 71.3 cm³/mol. The average molecular weight is 319 g/mol. The molecule has 0 aliphatic carbocycles. The highest BCUT2D eigenvalue weighted by atomic mass is 35.5. The van der Waals surface area contributed by atoms with Crippen molar-refractivity contribution in [2.45, 2.75) is 4.21 Å². The van der Waals surface area contributed by atoms with Gasteiger partial charge in [0.15, 0.2) is 0 Å². The zero-order valence-corrected chi connectivity index (χ0v) is 11.6. The van der Waals surface area contributed by atoms with Crippen LogP contribution in [0.25, 0.3) is 0 Å². The van der Waals surface area contributed by atoms with Gasteiger partial charge in [-0.25, -0.2) is 13.2 Å². The number of pyridine rings is 1. The first-order valence-electron chi connectivity index (χ1n) is 4.85. The summed E-state index contributed by atoms with van der Waals surface area (Å²) in [5, 5.41) is 8.80. The summed E-state index contributed by atoms with van der Waals surface area (Å²) in [5.74, 6) is -1.19. The molecule has 0 unspecified atom stereocenters. The fourth-order valence-electron chi connectivity index (χ4n) is 1.26. The van der Waals surface area contributed by atoms with E-state index >= 15 is 0 Å². The largest absolute Gasteiger partial charge is 0.478 e. The maximum Gasteiger partial charge on any atom is 0.337 e. The molecule has 6 nitrogen and oxygen atoms in total. The van der Waals surface area contributed by atoms with E-state index in [9.17, 15) is 13.2 Å². The molecule has 0 fully saturated rings. The summed E-state index contributed by atoms with van der Waals surface area (Å²) in [6.07, 6.45) is 2.35. The zero-order valence-electron chi connectivity index (χ0n) is 9.20. The minimum absolute atomic E-state index is 0.0400. The highest BCUT2D eigenvalue weighted by Crippen LogP contribution is 2.27. The van der Waals surface area contributed by atoms with E-state index in [1.807, 2.05) is 0 Å². The number of carboxylic acid groups (broad SMARTS) is 1. The van der Waals surface area contributed by atoms with Gasteiger partial charge in [-0.15, -0.1) is 11.3 Å². The Bertz CT molecular complexity index is 727. The standard InChI is InChI=1S/C10H7ClN2O4S2/c11-8-1-2-9(18-8)19(16,17)13-7-3-6(10(14)15)4-12-5-7/h1-5,13H,(H,14,15). The number of carbonyl (C=O) groups is 1. The number of carboxylic acids is 1. The lowest BCUT2D eigenvalue weighted by Gasteiger charge is -2.06. The van der Waals surface area contributed by atoms with E-state index in [1.165, 1.54) is 24.4 Å². The van der Waals surface area contributed by atoms with Gasteiger partial charge in [0.25, 0.3) is 10.0 Å². The lowest BCUT2D eigenvalue weighted by molar-refractivity contribution is 0.0696. The fourth-order valence-corrected chi connectivity index (χ4v) is 3.78. The van der Waals surface area contributed by atoms with Gasteiger partial charge in [0, 0.05) is 6.20 Å². The molecule has 0 aliphatic rings. The molecule has 0 amide bonds. The summed E-state index contributed by atoms with van der Waals surface area (Å²) in [4.78, 5) is 14.4. The molecule has 2 N–H and O–H groups in total. The number of sulfonamides is 1. The molecule has 19 heavy (non-hydrogen) atoms. The number of rotatable bonds is 4. The number of hydrogen-bond donors (Lipinski definition) is 2. The first-order chi connectivity index (χ1) is 8.88. The van der Waals surface area contributed by atoms with Crippen LogP contribution < -0.4 is 4.72 Å². The Hall–Kier alpha value is -1.64. The van der Waals surface area contributed by atoms with Gasteiger partial charge in [0.1, 0.15) is 4.21 Å². The molecule has 0 saturated heterocycles. The van der Waals surface area contributed by atoms with Crippen LogP contribution in [0.5, 0.6) is 0 Å². The number of hydrogen-bond acceptors (Lipinski definition) is 5. The number of halogens is 1. The van der Waals surface area contributed by atoms with E-state index < -0.39 is 16.0 Å². The van der Waals surface area contributed by atoms with E-state index in [-0.39, 0.29) is 15.5 Å². The van der Waals surface area contributed by atoms with Crippen LogP contribution in [0.1, 0.15) is 10.4 Å². The van der Waals surface area contributed by atoms with Crippen LogP contribution in [0.3, 0.4) is 0 Å². The number of aromatic carboxylic acids is 1. The minimum Gasteiger partial charge on any atom is -0.478 e. The average Bonchev–Trinajstić information content (AvgIpc) is 2.76. The van der Waals surface area contributed by atoms with Gasteiger partial charge in [0.2, 0.25) is 0 Å². The SMILES string of the molecule is O=C(O)c1cncc(NS(=O)(=O)c2ccc(Cl)s2)c1. The van der Waals surface area contributed by atoms with Crippen molar-refractivity contribution in [2.24, 2.45) is 0 Å². The molecular formula is C10H7ClN2O4S2. The first-order valence-corrected chi connectivity index (χ1v) is 7.53. The van der Waals surface area contributed by atoms with Crippen LogP contribution in [-0.2, 0) is 10.0 Å². The minimum atomic E-state index is -3.78. The Balaban J connectivity index is 2.30. The van der Waals surface area contributed by atoms with Crippen LogP contribution >= 0.6 is 22.9 Å². The molecular weight excluding hydrogens is 312 g/mol. The summed E-state index contributed by atoms with van der Waals surface area (Å²) < 4.78 is 26.5. The Labute approximate surface area is 117 Å². The lowest BCUT2D eigenvalue weighted by Crippen LogP contribution is -2.12. The van der Waals surface area contributed by atoms with E-state index in [1.54, 1.807) is 0 Å². The van der Waals surface area contributed by atoms with Gasteiger partial charge in [-0.2, -0.15) is 0 Å². The fraction of sp³-hybridized carbons (Fsp3) is 0. The molecule has 9 heteroatoms. The van der Waals surface area contributed by atoms with E-state index in [0.717, 1.165) is 17.5 Å². The van der Waals surface area contributed by atoms with Crippen molar-refractivity contribution in [1.29, 1.82) is 0 Å². The Morgan fingerprint density at radius 3 is 2.68 bits per heavy atom. The number of nitrogens with one attached hydrogen (secondary N) is 1. The smallest absolute Gasteiger partial charge is 0.337 e. The van der Waals surface area contributed by atoms with Crippen LogP contribution in [0.15, 0.2) is 34.8 Å². The van der Waals surface area contributed by atoms with Gasteiger partial charge in [0.05, 0.1) is 21.8 Å². The van der Waals surface area contributed by atoms with Crippen molar-refractivity contribution in [2.75, 3.05) is 4.72 Å². The van der Waals surface area contributed by atoms with Gasteiger partial charge < -0.3 is 5.11 Å². The van der Waals surface area contributed by atoms with Crippen LogP contribution in [0.2, 0.25) is 4.34 Å². The van der Waals surface area contributed by atoms with Gasteiger partial charge in [-0.3, -0.25) is 9.71 Å². The second-order valence-corrected chi connectivity index (χ2v) is 7.06. The lowest BCUT2D eigenvalue weighted by atomic mass is 10.3. The normalized spacial score (nSPS) is 11.2. The maximum atomic E-state index is 12.0. The quantitative estimate of drug-likeness (QED) is 0.901. The highest BCUT2D eigenvalue weighted by Gasteiger charge is 2.17. The second-order valence-electron chi connectivity index (χ2n) is 3.43. The van der Waals surface area contributed by atoms with E-state index in [0.29, 0.717) is 4.34 Å². The van der Waals surface area contributed by atoms with E-state index in [2.05, 4.69) is 9.71 Å². The highest BCUT2D eigenvalue weighted by molar-refractivity contribution is 7.94. The molecule has 2 rings (SSSR count). The molecule has 0 spiro atoms. The van der Waals surface area contributed by atoms with Crippen LogP contribution in [0.4, 0.5) is 5.69 Å². The predicted octanol–water partition coefficient (Wildman–Crippen LogP) is 2.30. The van der Waals surface area contributed by atoms with Gasteiger partial charge >= 0.3 is 5.97 Å². The summed E-state index contributed by atoms with van der Waals surface area (Å²) >= 11 is 6.58. The number of nitrogens with zero attached hydrogens (tertiary/aromatic N) is 1. The molecule has 0 aromatic carbocycles. The summed E-state index contributed by atoms with van der Waals surface area (Å²) in [5.41, 5.74) is -0.0335. The Morgan fingerprint density at radius 1 is 1.37 bits per heavy atom. The van der Waals surface area contributed by atoms with E-state index in [4.69, 9.17) is 16.7 Å². The monoisotopic (exact) mass is 318 g/mol. The molecule has 0 aliphatic heterocycles. The van der Waals surface area contributed by atoms with Crippen LogP contribution in [-0.4, -0.2) is 24.5 Å². The first kappa shape index (κ1) is 13.8. The molecule has 0 saturated carbocycles. The molecule has 0 radical (unpaired) electrons. The molecule has 2 aromatic heterocycles. The van der Waals surface area contributed by atoms with Crippen molar-refractivity contribution in [3.05, 3.63) is 40.5 Å². The molecule has 0 bridgehead atoms. The van der Waals surface area contributed by atoms with Crippen molar-refractivity contribution in [1.82, 2.24) is 4.98 Å². The molecule has 100 valence electrons. The van der Waals surface area contributed by atoms with Gasteiger partial charge in [-0.1, -0.05) is 11.6 Å². The van der Waals surface area contributed by atoms with Crippen LogP contribution in [0, 0.1) is 0 Å². The van der Waals surface area contributed by atoms with Crippen molar-refractivity contribution in [3.8, 4) is 0 Å².